The molecule has 0 unspecified atom stereocenters. The molecule has 1 saturated carbocycles. The van der Waals surface area contributed by atoms with Crippen LogP contribution in [0.5, 0.6) is 0 Å². The largest absolute Gasteiger partial charge is 0.324 e. The van der Waals surface area contributed by atoms with Crippen LogP contribution >= 0.6 is 11.6 Å². The number of anilines is 1. The van der Waals surface area contributed by atoms with Crippen molar-refractivity contribution in [3.8, 4) is 0 Å². The summed E-state index contributed by atoms with van der Waals surface area (Å²) in [5.74, 6) is 0.803. The molecule has 0 atom stereocenters. The molecule has 2 aromatic carbocycles. The van der Waals surface area contributed by atoms with E-state index in [9.17, 15) is 0 Å². The highest BCUT2D eigenvalue weighted by Crippen LogP contribution is 2.52. The van der Waals surface area contributed by atoms with Gasteiger partial charge in [0, 0.05) is 37.7 Å². The normalized spacial score (nSPS) is 15.9. The van der Waals surface area contributed by atoms with Crippen LogP contribution in [-0.4, -0.2) is 54.8 Å². The van der Waals surface area contributed by atoms with Crippen LogP contribution in [0.2, 0.25) is 5.02 Å². The number of carbonyl (C=O) groups is 2. The fraction of sp³-hybridized carbons (Fsp3) is 0.407. The summed E-state index contributed by atoms with van der Waals surface area (Å²) in [5, 5.41) is 5.10. The van der Waals surface area contributed by atoms with Crippen LogP contribution < -0.4 is 4.90 Å². The summed E-state index contributed by atoms with van der Waals surface area (Å²) in [6.07, 6.45) is 2.11. The molecule has 1 aliphatic heterocycles. The summed E-state index contributed by atoms with van der Waals surface area (Å²) in [4.78, 5) is 25.5. The average Bonchev–Trinajstić information content (AvgIpc) is 3.58. The number of piperazine rings is 1. The van der Waals surface area contributed by atoms with Crippen molar-refractivity contribution in [3.05, 3.63) is 76.1 Å². The predicted molar refractivity (Wildman–Crippen MR) is 140 cm³/mol. The first-order valence-corrected chi connectivity index (χ1v) is 12.2. The molecular formula is C27H35ClN4O3. The third kappa shape index (κ3) is 6.99. The maximum Gasteiger partial charge on any atom is 0.324 e. The van der Waals surface area contributed by atoms with E-state index in [0.717, 1.165) is 56.4 Å². The van der Waals surface area contributed by atoms with Crippen LogP contribution in [0.3, 0.4) is 0 Å². The molecule has 5 rings (SSSR count). The van der Waals surface area contributed by atoms with Gasteiger partial charge in [-0.1, -0.05) is 72.6 Å². The van der Waals surface area contributed by atoms with Gasteiger partial charge in [-0.05, 0) is 43.0 Å². The molecule has 35 heavy (non-hydrogen) atoms. The van der Waals surface area contributed by atoms with Gasteiger partial charge in [-0.2, -0.15) is 4.98 Å². The second kappa shape index (κ2) is 13.8. The average molecular weight is 499 g/mol. The van der Waals surface area contributed by atoms with Crippen molar-refractivity contribution in [1.29, 1.82) is 0 Å². The third-order valence-electron chi connectivity index (χ3n) is 6.16. The van der Waals surface area contributed by atoms with Crippen molar-refractivity contribution in [2.24, 2.45) is 0 Å². The highest BCUT2D eigenvalue weighted by molar-refractivity contribution is 6.30. The number of aromatic nitrogens is 2. The standard InChI is InChI=1S/C23H25ClN4O.C2H6.2CH2O/c1-17-2-4-18(5-3-17)16-27-12-14-28(15-13-27)22-25-21(26-29-22)23(10-11-23)19-6-8-20(24)9-7-19;3*1-2/h2-9H,10-16H2,1H3;1-2H3;2*1H2. The molecule has 1 aliphatic carbocycles. The van der Waals surface area contributed by atoms with Gasteiger partial charge in [0.15, 0.2) is 5.82 Å². The summed E-state index contributed by atoms with van der Waals surface area (Å²) < 4.78 is 5.66. The lowest BCUT2D eigenvalue weighted by atomic mass is 9.95. The summed E-state index contributed by atoms with van der Waals surface area (Å²) in [6, 6.07) is 17.5. The zero-order chi connectivity index (χ0) is 25.8. The Kier molecular flexibility index (Phi) is 11.1. The zero-order valence-corrected chi connectivity index (χ0v) is 21.6. The third-order valence-corrected chi connectivity index (χ3v) is 6.41. The Morgan fingerprint density at radius 3 is 2.03 bits per heavy atom. The van der Waals surface area contributed by atoms with Gasteiger partial charge in [0.2, 0.25) is 0 Å². The summed E-state index contributed by atoms with van der Waals surface area (Å²) >= 11 is 6.04. The highest BCUT2D eigenvalue weighted by Gasteiger charge is 2.50. The summed E-state index contributed by atoms with van der Waals surface area (Å²) in [7, 11) is 0. The molecule has 1 aromatic heterocycles. The molecule has 3 aromatic rings. The number of nitrogens with zero attached hydrogens (tertiary/aromatic N) is 4. The minimum atomic E-state index is -0.0976. The van der Waals surface area contributed by atoms with Gasteiger partial charge in [-0.3, -0.25) is 4.90 Å². The Bertz CT molecular complexity index is 1010. The van der Waals surface area contributed by atoms with Gasteiger partial charge >= 0.3 is 6.01 Å². The molecule has 0 N–H and O–H groups in total. The second-order valence-corrected chi connectivity index (χ2v) is 8.67. The van der Waals surface area contributed by atoms with Crippen LogP contribution in [0.25, 0.3) is 0 Å². The van der Waals surface area contributed by atoms with Crippen molar-refractivity contribution in [3.63, 3.8) is 0 Å². The van der Waals surface area contributed by atoms with Crippen molar-refractivity contribution in [2.75, 3.05) is 31.1 Å². The SMILES string of the molecule is C=O.C=O.CC.Cc1ccc(CN2CCN(c3nc(C4(c5ccc(Cl)cc5)CC4)no3)CC2)cc1. The number of hydrogen-bond acceptors (Lipinski definition) is 7. The molecule has 0 bridgehead atoms. The number of hydrogen-bond donors (Lipinski definition) is 0. The van der Waals surface area contributed by atoms with E-state index in [1.165, 1.54) is 16.7 Å². The van der Waals surface area contributed by atoms with Gasteiger partial charge in [0.05, 0.1) is 5.41 Å². The van der Waals surface area contributed by atoms with E-state index in [2.05, 4.69) is 58.3 Å². The molecule has 0 spiro atoms. The molecule has 2 fully saturated rings. The highest BCUT2D eigenvalue weighted by atomic mass is 35.5. The number of rotatable bonds is 5. The Balaban J connectivity index is 0.000000671. The fourth-order valence-corrected chi connectivity index (χ4v) is 4.25. The van der Waals surface area contributed by atoms with Crippen LogP contribution in [-0.2, 0) is 21.5 Å². The van der Waals surface area contributed by atoms with Gasteiger partial charge in [0.25, 0.3) is 0 Å². The van der Waals surface area contributed by atoms with E-state index in [-0.39, 0.29) is 5.41 Å². The number of benzene rings is 2. The first kappa shape index (κ1) is 28.2. The minimum absolute atomic E-state index is 0.0976. The molecule has 1 saturated heterocycles. The molecular weight excluding hydrogens is 464 g/mol. The fourth-order valence-electron chi connectivity index (χ4n) is 4.12. The van der Waals surface area contributed by atoms with Crippen molar-refractivity contribution >= 4 is 31.2 Å². The lowest BCUT2D eigenvalue weighted by molar-refractivity contribution is -0.0987. The van der Waals surface area contributed by atoms with Crippen molar-refractivity contribution in [1.82, 2.24) is 15.0 Å². The first-order valence-electron chi connectivity index (χ1n) is 11.8. The van der Waals surface area contributed by atoms with Crippen LogP contribution in [0.4, 0.5) is 6.01 Å². The summed E-state index contributed by atoms with van der Waals surface area (Å²) in [6.45, 7) is 14.9. The number of aryl methyl sites for hydroxylation is 1. The van der Waals surface area contributed by atoms with E-state index in [4.69, 9.17) is 30.7 Å². The molecule has 8 heteroatoms. The minimum Gasteiger partial charge on any atom is -0.322 e. The molecule has 0 amide bonds. The summed E-state index contributed by atoms with van der Waals surface area (Å²) in [5.41, 5.74) is 3.79. The van der Waals surface area contributed by atoms with E-state index in [1.54, 1.807) is 0 Å². The lowest BCUT2D eigenvalue weighted by Crippen LogP contribution is -2.46. The van der Waals surface area contributed by atoms with E-state index >= 15 is 0 Å². The van der Waals surface area contributed by atoms with E-state index in [1.807, 2.05) is 39.6 Å². The smallest absolute Gasteiger partial charge is 0.322 e. The Morgan fingerprint density at radius 1 is 0.914 bits per heavy atom. The quantitative estimate of drug-likeness (QED) is 0.484. The Labute approximate surface area is 213 Å². The van der Waals surface area contributed by atoms with E-state index < -0.39 is 0 Å². The second-order valence-electron chi connectivity index (χ2n) is 8.24. The Morgan fingerprint density at radius 2 is 1.49 bits per heavy atom. The predicted octanol–water partition coefficient (Wildman–Crippen LogP) is 5.09. The molecule has 0 radical (unpaired) electrons. The van der Waals surface area contributed by atoms with E-state index in [0.29, 0.717) is 6.01 Å². The number of carbonyl (C=O) groups excluding carboxylic acids is 2. The molecule has 2 heterocycles. The van der Waals surface area contributed by atoms with Gasteiger partial charge in [-0.15, -0.1) is 0 Å². The van der Waals surface area contributed by atoms with Crippen LogP contribution in [0.1, 0.15) is 49.2 Å². The lowest BCUT2D eigenvalue weighted by Gasteiger charge is -2.33. The van der Waals surface area contributed by atoms with Crippen molar-refractivity contribution < 1.29 is 14.1 Å². The van der Waals surface area contributed by atoms with Crippen LogP contribution in [0, 0.1) is 6.92 Å². The van der Waals surface area contributed by atoms with Gasteiger partial charge in [-0.25, -0.2) is 0 Å². The maximum absolute atomic E-state index is 8.00. The van der Waals surface area contributed by atoms with Crippen LogP contribution in [0.15, 0.2) is 53.1 Å². The Hall–Kier alpha value is -3.03. The first-order chi connectivity index (χ1) is 17.1. The van der Waals surface area contributed by atoms with Gasteiger partial charge < -0.3 is 19.0 Å². The molecule has 188 valence electrons. The molecule has 7 nitrogen and oxygen atoms in total. The van der Waals surface area contributed by atoms with Crippen molar-refractivity contribution in [2.45, 2.75) is 45.6 Å². The molecule has 2 aliphatic rings. The number of halogens is 1. The van der Waals surface area contributed by atoms with Gasteiger partial charge in [0.1, 0.15) is 13.6 Å². The topological polar surface area (TPSA) is 79.5 Å². The zero-order valence-electron chi connectivity index (χ0n) is 20.9. The monoisotopic (exact) mass is 498 g/mol. The maximum atomic E-state index is 8.00.